The lowest BCUT2D eigenvalue weighted by molar-refractivity contribution is -0.141. The van der Waals surface area contributed by atoms with Gasteiger partial charge in [-0.3, -0.25) is 24.6 Å². The first-order chi connectivity index (χ1) is 25.7. The Bertz CT molecular complexity index is 2200. The van der Waals surface area contributed by atoms with E-state index in [1.165, 1.54) is 0 Å². The van der Waals surface area contributed by atoms with E-state index in [1.807, 2.05) is 31.5 Å². The molecule has 0 aliphatic carbocycles. The monoisotopic (exact) mass is 709 g/mol. The van der Waals surface area contributed by atoms with Crippen molar-refractivity contribution in [3.05, 3.63) is 119 Å². The van der Waals surface area contributed by atoms with Gasteiger partial charge in [-0.05, 0) is 104 Å². The van der Waals surface area contributed by atoms with Crippen molar-refractivity contribution < 1.29 is 15.0 Å². The molecule has 0 unspecified atom stereocenters. The first kappa shape index (κ1) is 36.0. The van der Waals surface area contributed by atoms with Crippen LogP contribution in [0.5, 0.6) is 0 Å². The molecule has 53 heavy (non-hydrogen) atoms. The number of carbonyl (C=O) groups is 1. The number of rotatable bonds is 12. The maximum absolute atomic E-state index is 11.4. The molecule has 0 spiro atoms. The third-order valence-corrected chi connectivity index (χ3v) is 10.4. The van der Waals surface area contributed by atoms with Gasteiger partial charge < -0.3 is 20.8 Å². The van der Waals surface area contributed by atoms with Gasteiger partial charge in [0.1, 0.15) is 5.52 Å². The van der Waals surface area contributed by atoms with Gasteiger partial charge in [0.2, 0.25) is 0 Å². The van der Waals surface area contributed by atoms with E-state index >= 15 is 0 Å². The van der Waals surface area contributed by atoms with E-state index in [4.69, 9.17) is 9.97 Å². The number of hydrogen-bond acceptors (Lipinski definition) is 9. The predicted molar refractivity (Wildman–Crippen MR) is 213 cm³/mol. The number of benzene rings is 2. The minimum absolute atomic E-state index is 0.250. The van der Waals surface area contributed by atoms with Gasteiger partial charge in [-0.1, -0.05) is 43.0 Å². The van der Waals surface area contributed by atoms with Crippen LogP contribution in [0.2, 0.25) is 0 Å². The smallest absolute Gasteiger partial charge is 0.307 e. The summed E-state index contributed by atoms with van der Waals surface area (Å²) in [6.45, 7) is 15.0. The lowest BCUT2D eigenvalue weighted by Gasteiger charge is -2.19. The van der Waals surface area contributed by atoms with E-state index in [0.717, 1.165) is 98.7 Å². The molecule has 0 radical (unpaired) electrons. The summed E-state index contributed by atoms with van der Waals surface area (Å²) in [5.74, 6) is -0.344. The molecular weight excluding hydrogens is 663 g/mol. The quantitative estimate of drug-likeness (QED) is 0.103. The summed E-state index contributed by atoms with van der Waals surface area (Å²) in [6, 6.07) is 18.8. The predicted octanol–water partition coefficient (Wildman–Crippen LogP) is 7.64. The van der Waals surface area contributed by atoms with Gasteiger partial charge in [-0.25, -0.2) is 4.98 Å². The molecule has 7 rings (SSSR count). The number of carboxylic acid groups (broad SMARTS) is 1. The molecule has 0 saturated carbocycles. The zero-order valence-corrected chi connectivity index (χ0v) is 30.6. The number of nitrogens with zero attached hydrogens (tertiary/aromatic N) is 5. The maximum Gasteiger partial charge on any atom is 0.307 e. The zero-order chi connectivity index (χ0) is 37.1. The normalized spacial score (nSPS) is 17.9. The highest BCUT2D eigenvalue weighted by molar-refractivity contribution is 5.91. The van der Waals surface area contributed by atoms with Crippen molar-refractivity contribution in [2.75, 3.05) is 36.8 Å². The average molecular weight is 710 g/mol. The number of β-amino-alcohol motifs (C(OH)–C–C–N with tert-alkyl or cyclic N) is 1. The highest BCUT2D eigenvalue weighted by Crippen LogP contribution is 2.36. The summed E-state index contributed by atoms with van der Waals surface area (Å²) in [5, 5.41) is 27.5. The van der Waals surface area contributed by atoms with E-state index in [2.05, 4.69) is 100 Å². The van der Waals surface area contributed by atoms with Crippen LogP contribution in [-0.2, 0) is 17.9 Å². The van der Waals surface area contributed by atoms with E-state index in [-0.39, 0.29) is 12.0 Å². The summed E-state index contributed by atoms with van der Waals surface area (Å²) >= 11 is 0. The van der Waals surface area contributed by atoms with Crippen LogP contribution in [0.25, 0.3) is 33.8 Å². The molecule has 4 N–H and O–H groups in total. The van der Waals surface area contributed by atoms with Crippen molar-refractivity contribution in [1.29, 1.82) is 0 Å². The Kier molecular flexibility index (Phi) is 10.6. The maximum atomic E-state index is 11.4. The number of aliphatic hydroxyl groups excluding tert-OH is 1. The molecule has 2 fully saturated rings. The minimum atomic E-state index is -0.721. The van der Waals surface area contributed by atoms with Gasteiger partial charge in [0.15, 0.2) is 5.82 Å². The molecule has 10 heteroatoms. The summed E-state index contributed by atoms with van der Waals surface area (Å²) in [5.41, 5.74) is 11.7. The average Bonchev–Trinajstić information content (AvgIpc) is 3.79. The van der Waals surface area contributed by atoms with E-state index in [0.29, 0.717) is 31.9 Å². The molecule has 0 bridgehead atoms. The Balaban J connectivity index is 1.09. The number of anilines is 3. The molecule has 10 nitrogen and oxygen atoms in total. The molecule has 0 amide bonds. The fraction of sp³-hybridized carbons (Fsp3) is 0.302. The molecule has 5 heterocycles. The third-order valence-electron chi connectivity index (χ3n) is 10.4. The van der Waals surface area contributed by atoms with Crippen LogP contribution < -0.4 is 10.6 Å². The molecule has 2 aliphatic heterocycles. The summed E-state index contributed by atoms with van der Waals surface area (Å²) in [6.07, 6.45) is 10.9. The fourth-order valence-electron chi connectivity index (χ4n) is 7.58. The lowest BCUT2D eigenvalue weighted by atomic mass is 9.94. The Morgan fingerprint density at radius 3 is 2.28 bits per heavy atom. The number of allylic oxidation sites excluding steroid dienone is 1. The number of aliphatic hydroxyl groups is 1. The van der Waals surface area contributed by atoms with Crippen molar-refractivity contribution in [2.45, 2.75) is 52.8 Å². The Morgan fingerprint density at radius 1 is 0.906 bits per heavy atom. The van der Waals surface area contributed by atoms with E-state index in [1.54, 1.807) is 6.20 Å². The number of carboxylic acids is 1. The molecule has 2 saturated heterocycles. The number of pyridine rings is 3. The van der Waals surface area contributed by atoms with Crippen LogP contribution in [0.4, 0.5) is 17.2 Å². The van der Waals surface area contributed by atoms with Crippen molar-refractivity contribution in [3.8, 4) is 11.1 Å². The first-order valence-corrected chi connectivity index (χ1v) is 18.3. The van der Waals surface area contributed by atoms with Crippen LogP contribution in [-0.4, -0.2) is 73.2 Å². The first-order valence-electron chi connectivity index (χ1n) is 18.3. The number of aliphatic carboxylic acids is 1. The fourth-order valence-corrected chi connectivity index (χ4v) is 7.58. The molecular formula is C43H47N7O3. The van der Waals surface area contributed by atoms with Gasteiger partial charge in [0.05, 0.1) is 23.4 Å². The van der Waals surface area contributed by atoms with Crippen LogP contribution in [0, 0.1) is 19.8 Å². The largest absolute Gasteiger partial charge is 0.481 e. The van der Waals surface area contributed by atoms with Gasteiger partial charge >= 0.3 is 5.97 Å². The molecule has 2 atom stereocenters. The Morgan fingerprint density at radius 2 is 1.58 bits per heavy atom. The van der Waals surface area contributed by atoms with Crippen molar-refractivity contribution in [3.63, 3.8) is 0 Å². The van der Waals surface area contributed by atoms with Gasteiger partial charge in [-0.15, -0.1) is 0 Å². The summed E-state index contributed by atoms with van der Waals surface area (Å²) in [4.78, 5) is 30.2. The number of hydrogen-bond donors (Lipinski definition) is 4. The van der Waals surface area contributed by atoms with Gasteiger partial charge in [0, 0.05) is 73.6 Å². The third kappa shape index (κ3) is 8.00. The second kappa shape index (κ2) is 15.7. The van der Waals surface area contributed by atoms with Gasteiger partial charge in [0.25, 0.3) is 0 Å². The van der Waals surface area contributed by atoms with Crippen LogP contribution in [0.15, 0.2) is 85.8 Å². The SMILES string of the molecule is C=C(Nc1cccc(-c2cccc(Nc3nccc4cc(CN5CC[C@@H](C(=O)O)C5)cnc34)c2C)c1C)c1ncc(CN2CC[C@@H](O)C2)cc1/C=C\C. The molecule has 5 aromatic rings. The van der Waals surface area contributed by atoms with Crippen LogP contribution in [0.3, 0.4) is 0 Å². The molecule has 3 aromatic heterocycles. The second-order valence-corrected chi connectivity index (χ2v) is 14.3. The van der Waals surface area contributed by atoms with Gasteiger partial charge in [-0.2, -0.15) is 0 Å². The number of fused-ring (bicyclic) bond motifs is 1. The molecule has 2 aromatic carbocycles. The highest BCUT2D eigenvalue weighted by Gasteiger charge is 2.28. The topological polar surface area (TPSA) is 127 Å². The Labute approximate surface area is 310 Å². The minimum Gasteiger partial charge on any atom is -0.481 e. The standard InChI is InChI=1S/C43H47N7O3/c1-5-8-32-19-30(24-50-18-15-35(51)26-50)21-45-40(32)29(4)47-38-11-6-9-36(27(38)2)37-10-7-12-39(28(37)3)48-42-41-33(13-16-44-42)20-31(22-46-41)23-49-17-14-34(25-49)43(52)53/h5-13,16,19-22,34-35,47,51H,4,14-15,17-18,23-26H2,1-3H3,(H,44,48)(H,52,53)/b8-5-/t34-,35-/m1/s1. The number of likely N-dealkylation sites (tertiary alicyclic amines) is 2. The van der Waals surface area contributed by atoms with Crippen LogP contribution in [0.1, 0.15) is 53.3 Å². The summed E-state index contributed by atoms with van der Waals surface area (Å²) < 4.78 is 0. The highest BCUT2D eigenvalue weighted by atomic mass is 16.4. The molecule has 272 valence electrons. The molecule has 2 aliphatic rings. The van der Waals surface area contributed by atoms with E-state index < -0.39 is 5.97 Å². The zero-order valence-electron chi connectivity index (χ0n) is 30.6. The number of aromatic nitrogens is 3. The van der Waals surface area contributed by atoms with Crippen molar-refractivity contribution in [1.82, 2.24) is 24.8 Å². The van der Waals surface area contributed by atoms with Crippen LogP contribution >= 0.6 is 0 Å². The Hall–Kier alpha value is -5.42. The second-order valence-electron chi connectivity index (χ2n) is 14.3. The van der Waals surface area contributed by atoms with E-state index in [9.17, 15) is 15.0 Å². The van der Waals surface area contributed by atoms with Crippen molar-refractivity contribution >= 4 is 45.8 Å². The number of nitrogens with one attached hydrogen (secondary N) is 2. The summed E-state index contributed by atoms with van der Waals surface area (Å²) in [7, 11) is 0. The van der Waals surface area contributed by atoms with Crippen molar-refractivity contribution in [2.24, 2.45) is 5.92 Å². The lowest BCUT2D eigenvalue weighted by Crippen LogP contribution is -2.22.